The van der Waals surface area contributed by atoms with Gasteiger partial charge in [-0.2, -0.15) is 0 Å². The fraction of sp³-hybridized carbons (Fsp3) is 0.760. The van der Waals surface area contributed by atoms with Gasteiger partial charge in [0.05, 0.1) is 35.2 Å². The largest absolute Gasteiger partial charge is 0.392 e. The topological polar surface area (TPSA) is 252 Å². The van der Waals surface area contributed by atoms with Crippen molar-refractivity contribution in [3.05, 3.63) is 18.7 Å². The number of imidazole rings is 1. The van der Waals surface area contributed by atoms with E-state index in [2.05, 4.69) is 26.0 Å². The van der Waals surface area contributed by atoms with Gasteiger partial charge in [0.2, 0.25) is 17.7 Å². The number of aliphatic hydroxyl groups excluding tert-OH is 1. The van der Waals surface area contributed by atoms with Gasteiger partial charge < -0.3 is 45.4 Å². The summed E-state index contributed by atoms with van der Waals surface area (Å²) in [5, 5.41) is 27.3. The monoisotopic (exact) mass is 718 g/mol. The first-order valence-electron chi connectivity index (χ1n) is 14.0. The summed E-state index contributed by atoms with van der Waals surface area (Å²) in [6.45, 7) is 8.02. The molecule has 0 saturated heterocycles. The Balaban J connectivity index is 3.08. The molecule has 0 aliphatic heterocycles. The maximum absolute atomic E-state index is 13.7. The number of rotatable bonds is 20. The van der Waals surface area contributed by atoms with Gasteiger partial charge in [0.1, 0.15) is 0 Å². The normalized spacial score (nSPS) is 17.3. The van der Waals surface area contributed by atoms with Gasteiger partial charge in [-0.1, -0.05) is 21.6 Å². The van der Waals surface area contributed by atoms with E-state index in [1.807, 2.05) is 6.26 Å². The van der Waals surface area contributed by atoms with Crippen molar-refractivity contribution in [1.82, 2.24) is 30.6 Å². The Morgan fingerprint density at radius 1 is 0.933 bits per heavy atom. The molecule has 1 aromatic rings. The third kappa shape index (κ3) is 9.78. The molecule has 0 bridgehead atoms. The first-order chi connectivity index (χ1) is 20.5. The molecule has 0 spiro atoms. The van der Waals surface area contributed by atoms with Crippen LogP contribution in [0.25, 0.3) is 0 Å². The number of nitrogens with one attached hydrogen (secondary N) is 4. The van der Waals surface area contributed by atoms with Gasteiger partial charge in [-0.15, -0.1) is 0 Å². The molecular weight excluding hydrogens is 670 g/mol. The van der Waals surface area contributed by atoms with Crippen molar-refractivity contribution in [3.8, 4) is 0 Å². The molecule has 0 fully saturated rings. The SMILES string of the molecule is CSSCCNC(=O)C(C)(C)C(C)(C(=O)NCC(C)O)C(C)(C)C(=O)NCCCNP(=O)(O)C(O)(Cn1ccnc1)P(=O)(O)O. The molecular formula is C25H48N6O10P2S2. The third-order valence-electron chi connectivity index (χ3n) is 8.11. The molecule has 0 radical (unpaired) electrons. The van der Waals surface area contributed by atoms with Crippen LogP contribution < -0.4 is 21.0 Å². The van der Waals surface area contributed by atoms with Gasteiger partial charge in [0.25, 0.3) is 5.08 Å². The maximum atomic E-state index is 13.7. The highest BCUT2D eigenvalue weighted by Crippen LogP contribution is 2.68. The zero-order chi connectivity index (χ0) is 34.9. The summed E-state index contributed by atoms with van der Waals surface area (Å²) in [5.41, 5.74) is -4.59. The average molecular weight is 719 g/mol. The van der Waals surface area contributed by atoms with Gasteiger partial charge in [0, 0.05) is 44.3 Å². The molecule has 1 rings (SSSR count). The minimum Gasteiger partial charge on any atom is -0.392 e. The zero-order valence-corrected chi connectivity index (χ0v) is 30.1. The highest BCUT2D eigenvalue weighted by Gasteiger charge is 2.63. The van der Waals surface area contributed by atoms with Crippen LogP contribution in [0.15, 0.2) is 18.7 Å². The summed E-state index contributed by atoms with van der Waals surface area (Å²) < 4.78 is 26.1. The molecule has 1 heterocycles. The van der Waals surface area contributed by atoms with Crippen molar-refractivity contribution in [2.24, 2.45) is 16.2 Å². The van der Waals surface area contributed by atoms with E-state index >= 15 is 0 Å². The predicted molar refractivity (Wildman–Crippen MR) is 174 cm³/mol. The number of aliphatic hydroxyl groups is 2. The second-order valence-corrected chi connectivity index (χ2v) is 18.9. The van der Waals surface area contributed by atoms with E-state index < -0.39 is 66.8 Å². The van der Waals surface area contributed by atoms with E-state index in [1.165, 1.54) is 40.1 Å². The summed E-state index contributed by atoms with van der Waals surface area (Å²) >= 11 is 0. The van der Waals surface area contributed by atoms with Crippen molar-refractivity contribution in [1.29, 1.82) is 0 Å². The first-order valence-corrected chi connectivity index (χ1v) is 20.0. The van der Waals surface area contributed by atoms with E-state index in [-0.39, 0.29) is 26.1 Å². The van der Waals surface area contributed by atoms with E-state index in [0.29, 0.717) is 12.3 Å². The average Bonchev–Trinajstić information content (AvgIpc) is 3.44. The van der Waals surface area contributed by atoms with E-state index in [9.17, 15) is 48.4 Å². The maximum Gasteiger partial charge on any atom is 0.370 e. The zero-order valence-electron chi connectivity index (χ0n) is 26.6. The molecule has 4 unspecified atom stereocenters. The molecule has 45 heavy (non-hydrogen) atoms. The third-order valence-corrected chi connectivity index (χ3v) is 14.4. The second-order valence-electron chi connectivity index (χ2n) is 11.8. The van der Waals surface area contributed by atoms with Crippen LogP contribution in [0.2, 0.25) is 0 Å². The lowest BCUT2D eigenvalue weighted by atomic mass is 9.52. The van der Waals surface area contributed by atoms with Crippen LogP contribution in [-0.4, -0.2) is 102 Å². The van der Waals surface area contributed by atoms with Crippen molar-refractivity contribution in [2.45, 2.75) is 65.7 Å². The number of nitrogens with zero attached hydrogens (tertiary/aromatic N) is 2. The summed E-state index contributed by atoms with van der Waals surface area (Å²) in [5.74, 6) is -1.06. The molecule has 0 saturated carbocycles. The minimum absolute atomic E-state index is 0.0173. The molecule has 4 atom stereocenters. The summed E-state index contributed by atoms with van der Waals surface area (Å²) in [4.78, 5) is 74.3. The van der Waals surface area contributed by atoms with Crippen LogP contribution in [0.4, 0.5) is 0 Å². The quantitative estimate of drug-likeness (QED) is 0.0511. The number of aromatic nitrogens is 2. The fourth-order valence-corrected chi connectivity index (χ4v) is 8.73. The van der Waals surface area contributed by atoms with E-state index in [1.54, 1.807) is 35.4 Å². The van der Waals surface area contributed by atoms with Gasteiger partial charge >= 0.3 is 15.1 Å². The minimum atomic E-state index is -5.55. The standard InChI is InChI=1S/C25H48N6O10P2S2/c1-18(32)15-29-21(35)24(6,23(4,5)20(34)28-12-14-45-44-7)22(2,3)19(33)27-9-8-10-30-42(37,38)25(36,43(39,40)41)16-31-13-11-26-17-31/h11,13,17-18,32,36H,8-10,12,14-16H2,1-7H3,(H,27,33)(H,28,34)(H,29,35)(H2,30,37,38)(H2,39,40,41). The molecule has 0 aromatic carbocycles. The second kappa shape index (κ2) is 16.6. The number of hydrogen-bond donors (Lipinski definition) is 9. The van der Waals surface area contributed by atoms with Crippen LogP contribution in [-0.2, 0) is 30.1 Å². The summed E-state index contributed by atoms with van der Waals surface area (Å²) in [6.07, 6.45) is 4.65. The predicted octanol–water partition coefficient (Wildman–Crippen LogP) is 0.671. The van der Waals surface area contributed by atoms with Crippen molar-refractivity contribution < 1.29 is 48.4 Å². The lowest BCUT2D eigenvalue weighted by Crippen LogP contribution is -2.65. The van der Waals surface area contributed by atoms with Crippen LogP contribution in [0.5, 0.6) is 0 Å². The Labute approximate surface area is 271 Å². The summed E-state index contributed by atoms with van der Waals surface area (Å²) in [6, 6.07) is 0. The van der Waals surface area contributed by atoms with Crippen molar-refractivity contribution in [2.75, 3.05) is 38.2 Å². The lowest BCUT2D eigenvalue weighted by molar-refractivity contribution is -0.166. The molecule has 16 nitrogen and oxygen atoms in total. The van der Waals surface area contributed by atoms with Gasteiger partial charge in [-0.25, -0.2) is 10.1 Å². The highest BCUT2D eigenvalue weighted by atomic mass is 33.1. The Morgan fingerprint density at radius 3 is 1.96 bits per heavy atom. The van der Waals surface area contributed by atoms with Crippen molar-refractivity contribution >= 4 is 54.4 Å². The number of hydrogen-bond acceptors (Lipinski definition) is 10. The molecule has 9 N–H and O–H groups in total. The van der Waals surface area contributed by atoms with Gasteiger partial charge in [-0.3, -0.25) is 23.5 Å². The fourth-order valence-electron chi connectivity index (χ4n) is 4.59. The molecule has 0 aliphatic carbocycles. The van der Waals surface area contributed by atoms with E-state index in [0.717, 1.165) is 10.9 Å². The molecule has 260 valence electrons. The lowest BCUT2D eigenvalue weighted by Gasteiger charge is -2.50. The van der Waals surface area contributed by atoms with Crippen molar-refractivity contribution in [3.63, 3.8) is 0 Å². The Hall–Kier alpha value is -1.46. The van der Waals surface area contributed by atoms with Crippen LogP contribution >= 0.6 is 36.7 Å². The summed E-state index contributed by atoms with van der Waals surface area (Å²) in [7, 11) is -7.57. The van der Waals surface area contributed by atoms with Crippen LogP contribution in [0, 0.1) is 16.2 Å². The van der Waals surface area contributed by atoms with Crippen LogP contribution in [0.3, 0.4) is 0 Å². The van der Waals surface area contributed by atoms with Gasteiger partial charge in [0.15, 0.2) is 0 Å². The van der Waals surface area contributed by atoms with Crippen LogP contribution in [0.1, 0.15) is 48.0 Å². The van der Waals surface area contributed by atoms with E-state index in [4.69, 9.17) is 0 Å². The first kappa shape index (κ1) is 41.6. The van der Waals surface area contributed by atoms with Gasteiger partial charge in [-0.05, 0) is 54.2 Å². The Morgan fingerprint density at radius 2 is 1.49 bits per heavy atom. The number of carbonyl (C=O) groups is 3. The number of carbonyl (C=O) groups excluding carboxylic acids is 3. The number of amides is 3. The molecule has 20 heteroatoms. The smallest absolute Gasteiger partial charge is 0.370 e. The molecule has 1 aromatic heterocycles. The molecule has 0 aliphatic rings. The Bertz CT molecular complexity index is 1250. The Kier molecular flexibility index (Phi) is 15.3. The highest BCUT2D eigenvalue weighted by molar-refractivity contribution is 8.76. The molecule has 3 amide bonds.